The normalized spacial score (nSPS) is 14.6. The van der Waals surface area contributed by atoms with Crippen LogP contribution in [-0.2, 0) is 4.79 Å². The van der Waals surface area contributed by atoms with Crippen LogP contribution in [0.5, 0.6) is 0 Å². The van der Waals surface area contributed by atoms with Crippen LogP contribution in [0.25, 0.3) is 0 Å². The molecule has 0 aromatic carbocycles. The summed E-state index contributed by atoms with van der Waals surface area (Å²) in [5.41, 5.74) is 0. The third-order valence-electron chi connectivity index (χ3n) is 4.31. The molecule has 1 aliphatic heterocycles. The number of rotatable bonds is 10. The Morgan fingerprint density at radius 3 is 1.65 bits per heavy atom. The van der Waals surface area contributed by atoms with E-state index in [9.17, 15) is 4.79 Å². The number of halogens is 1. The monoisotopic (exact) mass is 363 g/mol. The maximum absolute atomic E-state index is 11.0. The van der Waals surface area contributed by atoms with Gasteiger partial charge in [-0.2, -0.15) is 0 Å². The molecule has 138 valence electrons. The van der Waals surface area contributed by atoms with Gasteiger partial charge in [0.25, 0.3) is 0 Å². The Balaban J connectivity index is 0.000000433. The van der Waals surface area contributed by atoms with Crippen molar-refractivity contribution in [2.45, 2.75) is 78.6 Å². The Kier molecular flexibility index (Phi) is 17.2. The molecule has 0 unspecified atom stereocenters. The van der Waals surface area contributed by atoms with Gasteiger partial charge in [-0.25, -0.2) is 0 Å². The molecule has 1 saturated heterocycles. The lowest BCUT2D eigenvalue weighted by molar-refractivity contribution is -0.129. The van der Waals surface area contributed by atoms with Gasteiger partial charge in [-0.1, -0.05) is 40.0 Å². The number of unbranched alkanes of at least 4 members (excludes halogenated alkanes) is 3. The minimum absolute atomic E-state index is 0.0846. The zero-order valence-corrected chi connectivity index (χ0v) is 17.4. The van der Waals surface area contributed by atoms with Gasteiger partial charge in [0, 0.05) is 13.1 Å². The van der Waals surface area contributed by atoms with Crippen molar-refractivity contribution in [3.05, 3.63) is 0 Å². The molecule has 0 aliphatic carbocycles. The highest BCUT2D eigenvalue weighted by Gasteiger charge is 2.14. The Morgan fingerprint density at radius 1 is 0.870 bits per heavy atom. The number of hydrogen-bond donors (Lipinski definition) is 0. The molecule has 1 fully saturated rings. The summed E-state index contributed by atoms with van der Waals surface area (Å²) in [4.78, 5) is 12.8. The van der Waals surface area contributed by atoms with Crippen molar-refractivity contribution in [2.75, 3.05) is 37.5 Å². The van der Waals surface area contributed by atoms with Crippen LogP contribution in [0.3, 0.4) is 0 Å². The molecular weight excluding hydrogens is 325 g/mol. The Labute approximate surface area is 151 Å². The molecule has 0 aromatic rings. The van der Waals surface area contributed by atoms with Crippen molar-refractivity contribution < 1.29 is 4.79 Å². The predicted octanol–water partition coefficient (Wildman–Crippen LogP) is 6.11. The van der Waals surface area contributed by atoms with Gasteiger partial charge < -0.3 is 4.90 Å². The summed E-state index contributed by atoms with van der Waals surface area (Å²) >= 11 is 5.39. The van der Waals surface area contributed by atoms with E-state index in [0.717, 1.165) is 25.9 Å². The first kappa shape index (κ1) is 23.2. The van der Waals surface area contributed by atoms with Crippen LogP contribution in [0, 0.1) is 0 Å². The molecule has 2 nitrogen and oxygen atoms in total. The summed E-state index contributed by atoms with van der Waals surface area (Å²) in [6.45, 7) is 8.75. The molecule has 0 aromatic heterocycles. The quantitative estimate of drug-likeness (QED) is 0.339. The van der Waals surface area contributed by atoms with Crippen LogP contribution in [0.2, 0.25) is 0 Å². The molecule has 0 saturated carbocycles. The summed E-state index contributed by atoms with van der Waals surface area (Å²) in [5, 5.41) is 0. The molecule has 1 rings (SSSR count). The average Bonchev–Trinajstić information content (AvgIpc) is 2.61. The molecule has 23 heavy (non-hydrogen) atoms. The number of carbonyl (C=O) groups excluding carboxylic acids is 1. The number of carbonyl (C=O) groups is 1. The smallest absolute Gasteiger partial charge is 0.237 e. The molecule has 1 heterocycles. The maximum atomic E-state index is 11.0. The third-order valence-corrected chi connectivity index (χ3v) is 7.38. The van der Waals surface area contributed by atoms with E-state index in [4.69, 9.17) is 11.6 Å². The van der Waals surface area contributed by atoms with Gasteiger partial charge in [-0.3, -0.25) is 4.79 Å². The lowest BCUT2D eigenvalue weighted by atomic mass is 10.1. The zero-order valence-electron chi connectivity index (χ0n) is 15.8. The van der Waals surface area contributed by atoms with Crippen molar-refractivity contribution in [1.29, 1.82) is 0 Å². The number of hydrogen-bond acceptors (Lipinski definition) is 1. The number of piperidine rings is 1. The van der Waals surface area contributed by atoms with E-state index in [1.54, 1.807) is 18.5 Å². The highest BCUT2D eigenvalue weighted by Crippen LogP contribution is 2.38. The van der Waals surface area contributed by atoms with Crippen molar-refractivity contribution in [2.24, 2.45) is 0 Å². The lowest BCUT2D eigenvalue weighted by Gasteiger charge is -2.25. The Morgan fingerprint density at radius 2 is 1.30 bits per heavy atom. The predicted molar refractivity (Wildman–Crippen MR) is 107 cm³/mol. The number of likely N-dealkylation sites (tertiary alicyclic amines) is 1. The summed E-state index contributed by atoms with van der Waals surface area (Å²) in [5.74, 6) is 0.223. The van der Waals surface area contributed by atoms with E-state index in [-0.39, 0.29) is 11.8 Å². The minimum Gasteiger partial charge on any atom is -0.342 e. The van der Waals surface area contributed by atoms with Crippen molar-refractivity contribution in [1.82, 2.24) is 4.90 Å². The second kappa shape index (κ2) is 17.0. The first-order chi connectivity index (χ1) is 11.2. The van der Waals surface area contributed by atoms with Crippen molar-refractivity contribution in [3.8, 4) is 0 Å². The van der Waals surface area contributed by atoms with Crippen LogP contribution in [0.15, 0.2) is 0 Å². The highest BCUT2D eigenvalue weighted by atomic mass is 35.5. The largest absolute Gasteiger partial charge is 0.342 e. The van der Waals surface area contributed by atoms with Gasteiger partial charge in [0.2, 0.25) is 5.91 Å². The van der Waals surface area contributed by atoms with Crippen molar-refractivity contribution >= 4 is 25.4 Å². The zero-order chi connectivity index (χ0) is 17.3. The molecule has 4 heteroatoms. The van der Waals surface area contributed by atoms with Crippen LogP contribution >= 0.6 is 19.5 Å². The number of amides is 1. The molecule has 0 spiro atoms. The van der Waals surface area contributed by atoms with E-state index in [1.165, 1.54) is 44.9 Å². The van der Waals surface area contributed by atoms with Gasteiger partial charge in [0.15, 0.2) is 0 Å². The summed E-state index contributed by atoms with van der Waals surface area (Å²) in [7, 11) is 0.422. The molecule has 1 amide bonds. The van der Waals surface area contributed by atoms with Gasteiger partial charge in [0.1, 0.15) is 5.88 Å². The Bertz CT molecular complexity index is 251. The average molecular weight is 364 g/mol. The van der Waals surface area contributed by atoms with Crippen LogP contribution in [0.1, 0.15) is 78.6 Å². The highest BCUT2D eigenvalue weighted by molar-refractivity contribution is 7.57. The molecular formula is C19H39ClNOP. The third kappa shape index (κ3) is 13.2. The van der Waals surface area contributed by atoms with E-state index < -0.39 is 0 Å². The number of nitrogens with zero attached hydrogens (tertiary/aromatic N) is 1. The molecule has 1 aliphatic rings. The van der Waals surface area contributed by atoms with Crippen LogP contribution in [-0.4, -0.2) is 48.3 Å². The van der Waals surface area contributed by atoms with Crippen molar-refractivity contribution in [3.63, 3.8) is 0 Å². The molecule has 0 atom stereocenters. The van der Waals surface area contributed by atoms with Gasteiger partial charge in [-0.15, -0.1) is 19.5 Å². The van der Waals surface area contributed by atoms with E-state index in [2.05, 4.69) is 20.8 Å². The summed E-state index contributed by atoms with van der Waals surface area (Å²) < 4.78 is 0. The van der Waals surface area contributed by atoms with Gasteiger partial charge in [0.05, 0.1) is 0 Å². The van der Waals surface area contributed by atoms with Gasteiger partial charge >= 0.3 is 0 Å². The fraction of sp³-hybridized carbons (Fsp3) is 0.947. The Hall–Kier alpha value is 0.190. The van der Waals surface area contributed by atoms with E-state index >= 15 is 0 Å². The summed E-state index contributed by atoms with van der Waals surface area (Å²) in [6, 6.07) is 0. The second-order valence-corrected chi connectivity index (χ2v) is 9.43. The SMILES string of the molecule is CCCCP(CCCC)CCCC.O=C(CCl)N1CCCCC1. The van der Waals surface area contributed by atoms with Gasteiger partial charge in [-0.05, 0) is 57.0 Å². The topological polar surface area (TPSA) is 20.3 Å². The van der Waals surface area contributed by atoms with Crippen LogP contribution in [0.4, 0.5) is 0 Å². The molecule has 0 N–H and O–H groups in total. The first-order valence-electron chi connectivity index (χ1n) is 9.75. The van der Waals surface area contributed by atoms with Crippen LogP contribution < -0.4 is 0 Å². The van der Waals surface area contributed by atoms with E-state index in [1.807, 2.05) is 4.90 Å². The maximum Gasteiger partial charge on any atom is 0.237 e. The molecule has 0 radical (unpaired) electrons. The first-order valence-corrected chi connectivity index (χ1v) is 12.2. The lowest BCUT2D eigenvalue weighted by Crippen LogP contribution is -2.36. The fourth-order valence-electron chi connectivity index (χ4n) is 2.71. The minimum atomic E-state index is 0.0846. The van der Waals surface area contributed by atoms with E-state index in [0.29, 0.717) is 7.92 Å². The summed E-state index contributed by atoms with van der Waals surface area (Å²) in [6.07, 6.45) is 16.8. The number of alkyl halides is 1. The standard InChI is InChI=1S/C12H27P.C7H12ClNO/c1-4-7-10-13(11-8-5-2)12-9-6-3;8-6-7(10)9-4-2-1-3-5-9/h4-12H2,1-3H3;1-6H2. The molecule has 0 bridgehead atoms. The second-order valence-electron chi connectivity index (χ2n) is 6.48. The fourth-order valence-corrected chi connectivity index (χ4v) is 5.84.